The molecule has 168 valence electrons. The lowest BCUT2D eigenvalue weighted by atomic mass is 10.1. The van der Waals surface area contributed by atoms with Gasteiger partial charge in [-0.25, -0.2) is 23.2 Å². The first-order chi connectivity index (χ1) is 15.2. The van der Waals surface area contributed by atoms with Gasteiger partial charge in [-0.1, -0.05) is 36.4 Å². The number of aromatic nitrogens is 3. The van der Waals surface area contributed by atoms with Crippen LogP contribution in [0.4, 0.5) is 9.18 Å². The summed E-state index contributed by atoms with van der Waals surface area (Å²) < 4.78 is 21.6. The molecular formula is C23H24BrFN4O3. The van der Waals surface area contributed by atoms with Crippen LogP contribution in [0, 0.1) is 0 Å². The highest BCUT2D eigenvalue weighted by atomic mass is 79.9. The normalized spacial score (nSPS) is 12.0. The van der Waals surface area contributed by atoms with Gasteiger partial charge in [0.2, 0.25) is 0 Å². The van der Waals surface area contributed by atoms with E-state index >= 15 is 0 Å². The maximum absolute atomic E-state index is 13.4. The molecule has 0 saturated carbocycles. The van der Waals surface area contributed by atoms with Crippen LogP contribution in [-0.2, 0) is 11.3 Å². The Morgan fingerprint density at radius 1 is 1.19 bits per heavy atom. The van der Waals surface area contributed by atoms with Crippen LogP contribution < -0.4 is 11.0 Å². The lowest BCUT2D eigenvalue weighted by Crippen LogP contribution is -2.41. The first kappa shape index (κ1) is 23.5. The largest absolute Gasteiger partial charge is 0.445 e. The van der Waals surface area contributed by atoms with Crippen molar-refractivity contribution in [2.24, 2.45) is 0 Å². The fourth-order valence-electron chi connectivity index (χ4n) is 2.92. The minimum Gasteiger partial charge on any atom is -0.445 e. The number of carbonyl (C=O) groups excluding carboxylic acids is 1. The fraction of sp³-hybridized carbons (Fsp3) is 0.261. The third-order valence-corrected chi connectivity index (χ3v) is 5.09. The number of carbonyl (C=O) groups is 1. The quantitative estimate of drug-likeness (QED) is 0.522. The first-order valence-electron chi connectivity index (χ1n) is 9.91. The predicted octanol–water partition coefficient (Wildman–Crippen LogP) is 4.84. The number of amides is 1. The number of ether oxygens (including phenoxy) is 1. The van der Waals surface area contributed by atoms with Gasteiger partial charge >= 0.3 is 11.8 Å². The van der Waals surface area contributed by atoms with Crippen LogP contribution in [0.2, 0.25) is 0 Å². The van der Waals surface area contributed by atoms with Crippen LogP contribution >= 0.6 is 15.9 Å². The van der Waals surface area contributed by atoms with Gasteiger partial charge in [0.15, 0.2) is 0 Å². The topological polar surface area (TPSA) is 78.2 Å². The summed E-state index contributed by atoms with van der Waals surface area (Å²) in [6.45, 7) is 4.96. The highest BCUT2D eigenvalue weighted by molar-refractivity contribution is 9.10. The van der Waals surface area contributed by atoms with Crippen LogP contribution in [0.5, 0.6) is 0 Å². The SMILES string of the molecule is CC(C)(C)NC(=O)OC/C(=C/F)Cn1ncn(-c2cc(-c3ccccc3)ccc2Br)c1=O. The van der Waals surface area contributed by atoms with Gasteiger partial charge < -0.3 is 10.1 Å². The van der Waals surface area contributed by atoms with E-state index in [2.05, 4.69) is 26.3 Å². The Hall–Kier alpha value is -3.20. The number of benzene rings is 2. The van der Waals surface area contributed by atoms with Crippen LogP contribution in [0.15, 0.2) is 76.0 Å². The van der Waals surface area contributed by atoms with Crippen molar-refractivity contribution in [3.05, 3.63) is 81.7 Å². The van der Waals surface area contributed by atoms with E-state index in [-0.39, 0.29) is 18.7 Å². The molecule has 0 saturated heterocycles. The van der Waals surface area contributed by atoms with Gasteiger partial charge in [-0.3, -0.25) is 0 Å². The molecule has 0 unspecified atom stereocenters. The third-order valence-electron chi connectivity index (χ3n) is 4.42. The molecule has 0 aliphatic heterocycles. The average molecular weight is 503 g/mol. The van der Waals surface area contributed by atoms with Gasteiger partial charge in [-0.2, -0.15) is 5.10 Å². The Bertz CT molecular complexity index is 1180. The van der Waals surface area contributed by atoms with Gasteiger partial charge in [0.1, 0.15) is 12.9 Å². The zero-order valence-corrected chi connectivity index (χ0v) is 19.6. The lowest BCUT2D eigenvalue weighted by Gasteiger charge is -2.20. The number of hydrogen-bond acceptors (Lipinski definition) is 4. The van der Waals surface area contributed by atoms with Crippen molar-refractivity contribution in [3.63, 3.8) is 0 Å². The molecule has 0 bridgehead atoms. The van der Waals surface area contributed by atoms with E-state index in [1.807, 2.05) is 48.5 Å². The molecule has 3 rings (SSSR count). The van der Waals surface area contributed by atoms with Crippen molar-refractivity contribution in [2.75, 3.05) is 6.61 Å². The summed E-state index contributed by atoms with van der Waals surface area (Å²) in [5.74, 6) is 0. The number of hydrogen-bond donors (Lipinski definition) is 1. The third kappa shape index (κ3) is 5.94. The predicted molar refractivity (Wildman–Crippen MR) is 124 cm³/mol. The summed E-state index contributed by atoms with van der Waals surface area (Å²) in [6.07, 6.45) is 1.03. The van der Waals surface area contributed by atoms with Crippen molar-refractivity contribution >= 4 is 22.0 Å². The molecule has 0 atom stereocenters. The Labute approximate surface area is 193 Å². The number of rotatable bonds is 6. The molecule has 7 nitrogen and oxygen atoms in total. The Kier molecular flexibility index (Phi) is 7.29. The molecule has 2 aromatic carbocycles. The number of nitrogens with one attached hydrogen (secondary N) is 1. The Morgan fingerprint density at radius 2 is 1.91 bits per heavy atom. The fourth-order valence-corrected chi connectivity index (χ4v) is 3.36. The van der Waals surface area contributed by atoms with Crippen molar-refractivity contribution < 1.29 is 13.9 Å². The number of alkyl carbamates (subject to hydrolysis) is 1. The molecular weight excluding hydrogens is 479 g/mol. The van der Waals surface area contributed by atoms with Gasteiger partial charge in [0.25, 0.3) is 0 Å². The van der Waals surface area contributed by atoms with Crippen LogP contribution in [0.3, 0.4) is 0 Å². The Morgan fingerprint density at radius 3 is 2.56 bits per heavy atom. The molecule has 1 N–H and O–H groups in total. The van der Waals surface area contributed by atoms with Gasteiger partial charge in [-0.15, -0.1) is 0 Å². The van der Waals surface area contributed by atoms with Gasteiger partial charge in [0.05, 0.1) is 18.6 Å². The molecule has 3 aromatic rings. The van der Waals surface area contributed by atoms with E-state index < -0.39 is 17.3 Å². The number of nitrogens with zero attached hydrogens (tertiary/aromatic N) is 3. The average Bonchev–Trinajstić information content (AvgIpc) is 3.10. The summed E-state index contributed by atoms with van der Waals surface area (Å²) in [5.41, 5.74) is 1.72. The van der Waals surface area contributed by atoms with Gasteiger partial charge in [0, 0.05) is 15.6 Å². The zero-order chi connectivity index (χ0) is 23.3. The molecule has 1 amide bonds. The second-order valence-corrected chi connectivity index (χ2v) is 9.05. The standard InChI is InChI=1S/C23H24BrFN4O3/c1-23(2,3)27-21(30)32-14-16(12-25)13-29-22(31)28(15-26-29)20-11-18(9-10-19(20)24)17-7-5-4-6-8-17/h4-12,15H,13-14H2,1-3H3,(H,27,30)/b16-12+. The first-order valence-corrected chi connectivity index (χ1v) is 10.7. The minimum atomic E-state index is -0.670. The van der Waals surface area contributed by atoms with E-state index in [1.165, 1.54) is 10.9 Å². The van der Waals surface area contributed by atoms with E-state index in [4.69, 9.17) is 4.74 Å². The zero-order valence-electron chi connectivity index (χ0n) is 18.0. The van der Waals surface area contributed by atoms with Crippen LogP contribution in [-0.4, -0.2) is 32.6 Å². The summed E-state index contributed by atoms with van der Waals surface area (Å²) >= 11 is 3.48. The summed E-state index contributed by atoms with van der Waals surface area (Å²) in [5, 5.41) is 6.71. The maximum atomic E-state index is 13.4. The van der Waals surface area contributed by atoms with E-state index in [0.717, 1.165) is 15.8 Å². The van der Waals surface area contributed by atoms with Crippen molar-refractivity contribution in [1.29, 1.82) is 0 Å². The molecule has 0 radical (unpaired) electrons. The summed E-state index contributed by atoms with van der Waals surface area (Å²) in [7, 11) is 0. The van der Waals surface area contributed by atoms with E-state index in [0.29, 0.717) is 16.5 Å². The second kappa shape index (κ2) is 9.95. The highest BCUT2D eigenvalue weighted by Crippen LogP contribution is 2.27. The lowest BCUT2D eigenvalue weighted by molar-refractivity contribution is 0.145. The highest BCUT2D eigenvalue weighted by Gasteiger charge is 2.16. The Balaban J connectivity index is 1.78. The van der Waals surface area contributed by atoms with E-state index in [1.54, 1.807) is 20.8 Å². The molecule has 0 aliphatic carbocycles. The second-order valence-electron chi connectivity index (χ2n) is 8.19. The molecule has 0 aliphatic rings. The minimum absolute atomic E-state index is 0.0958. The van der Waals surface area contributed by atoms with E-state index in [9.17, 15) is 14.0 Å². The smallest absolute Gasteiger partial charge is 0.407 e. The monoisotopic (exact) mass is 502 g/mol. The van der Waals surface area contributed by atoms with Crippen molar-refractivity contribution in [1.82, 2.24) is 19.7 Å². The van der Waals surface area contributed by atoms with Crippen molar-refractivity contribution in [2.45, 2.75) is 32.9 Å². The summed E-state index contributed by atoms with van der Waals surface area (Å²) in [6, 6.07) is 15.5. The van der Waals surface area contributed by atoms with Crippen molar-refractivity contribution in [3.8, 4) is 16.8 Å². The van der Waals surface area contributed by atoms with Gasteiger partial charge in [-0.05, 0) is 60.0 Å². The number of halogens is 2. The van der Waals surface area contributed by atoms with Crippen LogP contribution in [0.25, 0.3) is 16.8 Å². The van der Waals surface area contributed by atoms with Crippen LogP contribution in [0.1, 0.15) is 20.8 Å². The summed E-state index contributed by atoms with van der Waals surface area (Å²) in [4.78, 5) is 24.7. The molecule has 0 fully saturated rings. The molecule has 1 aromatic heterocycles. The molecule has 0 spiro atoms. The maximum Gasteiger partial charge on any atom is 0.407 e. The molecule has 1 heterocycles. The molecule has 32 heavy (non-hydrogen) atoms. The molecule has 9 heteroatoms.